The molecule has 0 radical (unpaired) electrons. The van der Waals surface area contributed by atoms with Gasteiger partial charge < -0.3 is 9.84 Å². The summed E-state index contributed by atoms with van der Waals surface area (Å²) in [6.07, 6.45) is 1.57. The van der Waals surface area contributed by atoms with E-state index in [0.717, 1.165) is 28.6 Å². The van der Waals surface area contributed by atoms with Crippen molar-refractivity contribution in [2.24, 2.45) is 0 Å². The monoisotopic (exact) mass is 382 g/mol. The Bertz CT molecular complexity index is 885. The average molecular weight is 383 g/mol. The lowest BCUT2D eigenvalue weighted by atomic mass is 10.00. The van der Waals surface area contributed by atoms with Crippen molar-refractivity contribution >= 4 is 27.5 Å². The van der Waals surface area contributed by atoms with Crippen LogP contribution in [0.15, 0.2) is 69.7 Å². The van der Waals surface area contributed by atoms with Crippen molar-refractivity contribution in [3.63, 3.8) is 0 Å². The molecule has 120 valence electrons. The largest absolute Gasteiger partial charge is 0.356 e. The summed E-state index contributed by atoms with van der Waals surface area (Å²) in [5.41, 5.74) is 1.86. The standard InChI is InChI=1S/C19H15BrN2O2/c20-14-7-4-8-15(11-14)21-18(23)19(9-10-19)17-12-16(24-22-17)13-5-2-1-3-6-13/h1-8,11-12H,9-10H2,(H,21,23). The van der Waals surface area contributed by atoms with Gasteiger partial charge in [0.25, 0.3) is 0 Å². The first-order chi connectivity index (χ1) is 11.7. The minimum atomic E-state index is -0.571. The van der Waals surface area contributed by atoms with E-state index in [2.05, 4.69) is 26.4 Å². The first kappa shape index (κ1) is 15.1. The molecule has 5 heteroatoms. The van der Waals surface area contributed by atoms with E-state index < -0.39 is 5.41 Å². The Morgan fingerprint density at radius 1 is 1.08 bits per heavy atom. The number of anilines is 1. The third-order valence-electron chi connectivity index (χ3n) is 4.33. The zero-order valence-corrected chi connectivity index (χ0v) is 14.4. The van der Waals surface area contributed by atoms with Gasteiger partial charge in [-0.15, -0.1) is 0 Å². The Kier molecular flexibility index (Phi) is 3.73. The Hall–Kier alpha value is -2.40. The molecule has 3 aromatic rings. The van der Waals surface area contributed by atoms with Gasteiger partial charge in [-0.25, -0.2) is 0 Å². The maximum Gasteiger partial charge on any atom is 0.236 e. The van der Waals surface area contributed by atoms with Gasteiger partial charge in [0.05, 0.1) is 11.1 Å². The highest BCUT2D eigenvalue weighted by molar-refractivity contribution is 9.10. The molecule has 0 saturated heterocycles. The smallest absolute Gasteiger partial charge is 0.236 e. The highest BCUT2D eigenvalue weighted by atomic mass is 79.9. The Balaban J connectivity index is 1.57. The summed E-state index contributed by atoms with van der Waals surface area (Å²) >= 11 is 3.41. The predicted molar refractivity (Wildman–Crippen MR) is 95.6 cm³/mol. The molecule has 1 aliphatic rings. The van der Waals surface area contributed by atoms with Crippen molar-refractivity contribution in [2.75, 3.05) is 5.32 Å². The topological polar surface area (TPSA) is 55.1 Å². The molecule has 0 spiro atoms. The molecule has 1 amide bonds. The summed E-state index contributed by atoms with van der Waals surface area (Å²) in [6.45, 7) is 0. The fourth-order valence-corrected chi connectivity index (χ4v) is 3.18. The van der Waals surface area contributed by atoms with E-state index in [1.807, 2.05) is 60.7 Å². The van der Waals surface area contributed by atoms with Gasteiger partial charge in [0.15, 0.2) is 5.76 Å². The van der Waals surface area contributed by atoms with Gasteiger partial charge >= 0.3 is 0 Å². The lowest BCUT2D eigenvalue weighted by molar-refractivity contribution is -0.118. The molecular weight excluding hydrogens is 368 g/mol. The number of hydrogen-bond donors (Lipinski definition) is 1. The fourth-order valence-electron chi connectivity index (χ4n) is 2.78. The van der Waals surface area contributed by atoms with E-state index in [4.69, 9.17) is 4.52 Å². The molecule has 1 fully saturated rings. The van der Waals surface area contributed by atoms with Crippen molar-refractivity contribution in [1.82, 2.24) is 5.16 Å². The third-order valence-corrected chi connectivity index (χ3v) is 4.82. The molecule has 4 nitrogen and oxygen atoms in total. The number of amides is 1. The molecule has 24 heavy (non-hydrogen) atoms. The quantitative estimate of drug-likeness (QED) is 0.706. The molecule has 4 rings (SSSR count). The number of hydrogen-bond acceptors (Lipinski definition) is 3. The van der Waals surface area contributed by atoms with Crippen LogP contribution in [0, 0.1) is 0 Å². The molecule has 0 bridgehead atoms. The van der Waals surface area contributed by atoms with Gasteiger partial charge in [0.2, 0.25) is 5.91 Å². The molecule has 0 unspecified atom stereocenters. The third kappa shape index (κ3) is 2.76. The highest BCUT2D eigenvalue weighted by Gasteiger charge is 2.53. The number of rotatable bonds is 4. The zero-order chi connectivity index (χ0) is 16.6. The zero-order valence-electron chi connectivity index (χ0n) is 12.8. The van der Waals surface area contributed by atoms with E-state index in [9.17, 15) is 4.79 Å². The Morgan fingerprint density at radius 2 is 1.88 bits per heavy atom. The van der Waals surface area contributed by atoms with Crippen LogP contribution in [-0.2, 0) is 10.2 Å². The van der Waals surface area contributed by atoms with Crippen LogP contribution in [0.5, 0.6) is 0 Å². The van der Waals surface area contributed by atoms with Crippen LogP contribution >= 0.6 is 15.9 Å². The summed E-state index contributed by atoms with van der Waals surface area (Å²) in [5.74, 6) is 0.653. The van der Waals surface area contributed by atoms with Crippen molar-refractivity contribution < 1.29 is 9.32 Å². The maximum absolute atomic E-state index is 12.7. The van der Waals surface area contributed by atoms with Gasteiger partial charge in [-0.05, 0) is 31.0 Å². The number of carbonyl (C=O) groups is 1. The Labute approximate surface area is 148 Å². The molecular formula is C19H15BrN2O2. The SMILES string of the molecule is O=C(Nc1cccc(Br)c1)C1(c2cc(-c3ccccc3)on2)CC1. The van der Waals surface area contributed by atoms with Crippen LogP contribution in [0.4, 0.5) is 5.69 Å². The van der Waals surface area contributed by atoms with Gasteiger partial charge in [-0.2, -0.15) is 0 Å². The second kappa shape index (κ2) is 5.91. The summed E-state index contributed by atoms with van der Waals surface area (Å²) in [6, 6.07) is 19.2. The van der Waals surface area contributed by atoms with E-state index in [-0.39, 0.29) is 5.91 Å². The summed E-state index contributed by atoms with van der Waals surface area (Å²) in [5, 5.41) is 7.14. The van der Waals surface area contributed by atoms with Crippen molar-refractivity contribution in [1.29, 1.82) is 0 Å². The van der Waals surface area contributed by atoms with Gasteiger partial charge in [-0.3, -0.25) is 4.79 Å². The maximum atomic E-state index is 12.7. The van der Waals surface area contributed by atoms with Crippen molar-refractivity contribution in [3.05, 3.63) is 70.8 Å². The molecule has 1 saturated carbocycles. The summed E-state index contributed by atoms with van der Waals surface area (Å²) < 4.78 is 6.39. The van der Waals surface area contributed by atoms with Crippen LogP contribution in [-0.4, -0.2) is 11.1 Å². The second-order valence-corrected chi connectivity index (χ2v) is 6.90. The van der Waals surface area contributed by atoms with Crippen LogP contribution < -0.4 is 5.32 Å². The summed E-state index contributed by atoms with van der Waals surface area (Å²) in [7, 11) is 0. The lowest BCUT2D eigenvalue weighted by Crippen LogP contribution is -2.28. The molecule has 1 heterocycles. The number of carbonyl (C=O) groups excluding carboxylic acids is 1. The van der Waals surface area contributed by atoms with Gasteiger partial charge in [0.1, 0.15) is 0 Å². The number of nitrogens with one attached hydrogen (secondary N) is 1. The van der Waals surface area contributed by atoms with E-state index in [0.29, 0.717) is 11.5 Å². The number of benzene rings is 2. The first-order valence-corrected chi connectivity index (χ1v) is 8.56. The number of aromatic nitrogens is 1. The highest BCUT2D eigenvalue weighted by Crippen LogP contribution is 2.49. The van der Waals surface area contributed by atoms with Gasteiger partial charge in [0, 0.05) is 21.8 Å². The van der Waals surface area contributed by atoms with E-state index >= 15 is 0 Å². The van der Waals surface area contributed by atoms with E-state index in [1.54, 1.807) is 0 Å². The predicted octanol–water partition coefficient (Wildman–Crippen LogP) is 4.77. The molecule has 1 aliphatic carbocycles. The Morgan fingerprint density at radius 3 is 2.58 bits per heavy atom. The molecule has 0 atom stereocenters. The minimum absolute atomic E-state index is 0.0338. The first-order valence-electron chi connectivity index (χ1n) is 7.77. The summed E-state index contributed by atoms with van der Waals surface area (Å²) in [4.78, 5) is 12.7. The lowest BCUT2D eigenvalue weighted by Gasteiger charge is -2.12. The van der Waals surface area contributed by atoms with Gasteiger partial charge in [-0.1, -0.05) is 57.5 Å². The molecule has 2 aromatic carbocycles. The number of halogens is 1. The molecule has 1 aromatic heterocycles. The normalized spacial score (nSPS) is 15.0. The molecule has 0 aliphatic heterocycles. The van der Waals surface area contributed by atoms with Crippen molar-refractivity contribution in [3.8, 4) is 11.3 Å². The van der Waals surface area contributed by atoms with Crippen LogP contribution in [0.3, 0.4) is 0 Å². The molecule has 1 N–H and O–H groups in total. The van der Waals surface area contributed by atoms with Crippen LogP contribution in [0.25, 0.3) is 11.3 Å². The van der Waals surface area contributed by atoms with Crippen LogP contribution in [0.1, 0.15) is 18.5 Å². The van der Waals surface area contributed by atoms with E-state index in [1.165, 1.54) is 0 Å². The number of nitrogens with zero attached hydrogens (tertiary/aromatic N) is 1. The fraction of sp³-hybridized carbons (Fsp3) is 0.158. The second-order valence-electron chi connectivity index (χ2n) is 5.99. The van der Waals surface area contributed by atoms with Crippen LogP contribution in [0.2, 0.25) is 0 Å². The average Bonchev–Trinajstić information content (AvgIpc) is 3.26. The minimum Gasteiger partial charge on any atom is -0.356 e. The van der Waals surface area contributed by atoms with Crippen molar-refractivity contribution in [2.45, 2.75) is 18.3 Å².